The Hall–Kier alpha value is -0.680. The van der Waals surface area contributed by atoms with E-state index in [0.717, 1.165) is 43.6 Å². The zero-order chi connectivity index (χ0) is 14.1. The van der Waals surface area contributed by atoms with Crippen LogP contribution < -0.4 is 14.8 Å². The zero-order valence-corrected chi connectivity index (χ0v) is 15.0. The molecule has 0 aromatic heterocycles. The van der Waals surface area contributed by atoms with Gasteiger partial charge in [0.2, 0.25) is 0 Å². The average molecular weight is 361 g/mol. The van der Waals surface area contributed by atoms with Crippen molar-refractivity contribution in [1.82, 2.24) is 10.2 Å². The average Bonchev–Trinajstić information content (AvgIpc) is 2.51. The molecular weight excluding hydrogens is 335 g/mol. The molecule has 0 radical (unpaired) electrons. The van der Waals surface area contributed by atoms with Crippen molar-refractivity contribution in [3.05, 3.63) is 23.8 Å². The molecule has 1 aliphatic carbocycles. The minimum Gasteiger partial charge on any atom is -0.486 e. The second-order valence-electron chi connectivity index (χ2n) is 6.32. The van der Waals surface area contributed by atoms with Gasteiger partial charge < -0.3 is 14.8 Å². The number of nitrogens with one attached hydrogen (secondary N) is 1. The predicted molar refractivity (Wildman–Crippen MR) is 96.5 cm³/mol. The zero-order valence-electron chi connectivity index (χ0n) is 13.3. The van der Waals surface area contributed by atoms with Gasteiger partial charge in [-0.1, -0.05) is 12.5 Å². The number of piperazine rings is 1. The van der Waals surface area contributed by atoms with Gasteiger partial charge in [-0.2, -0.15) is 0 Å². The van der Waals surface area contributed by atoms with Gasteiger partial charge in [0.1, 0.15) is 13.2 Å². The second-order valence-corrected chi connectivity index (χ2v) is 6.32. The highest BCUT2D eigenvalue weighted by Crippen LogP contribution is 2.43. The van der Waals surface area contributed by atoms with Gasteiger partial charge in [0.25, 0.3) is 0 Å². The van der Waals surface area contributed by atoms with E-state index in [0.29, 0.717) is 19.3 Å². The Morgan fingerprint density at radius 2 is 1.70 bits per heavy atom. The number of hydrogen-bond donors (Lipinski definition) is 1. The lowest BCUT2D eigenvalue weighted by Gasteiger charge is -2.43. The molecule has 0 amide bonds. The van der Waals surface area contributed by atoms with Gasteiger partial charge in [-0.15, -0.1) is 24.8 Å². The first-order valence-electron chi connectivity index (χ1n) is 8.26. The molecule has 23 heavy (non-hydrogen) atoms. The largest absolute Gasteiger partial charge is 0.486 e. The lowest BCUT2D eigenvalue weighted by molar-refractivity contribution is 0.0831. The molecule has 1 atom stereocenters. The van der Waals surface area contributed by atoms with E-state index in [9.17, 15) is 0 Å². The molecule has 1 saturated carbocycles. The molecule has 4 rings (SSSR count). The monoisotopic (exact) mass is 360 g/mol. The van der Waals surface area contributed by atoms with E-state index in [-0.39, 0.29) is 24.8 Å². The summed E-state index contributed by atoms with van der Waals surface area (Å²) in [5.74, 6) is 2.64. The number of hydrogen-bond acceptors (Lipinski definition) is 4. The molecular formula is C17H26Cl2N2O2. The smallest absolute Gasteiger partial charge is 0.161 e. The first kappa shape index (κ1) is 18.7. The van der Waals surface area contributed by atoms with E-state index in [1.807, 2.05) is 0 Å². The second kappa shape index (κ2) is 8.43. The molecule has 0 bridgehead atoms. The molecule has 1 aromatic carbocycles. The van der Waals surface area contributed by atoms with Crippen LogP contribution in [0.2, 0.25) is 0 Å². The summed E-state index contributed by atoms with van der Waals surface area (Å²) in [6, 6.07) is 7.12. The summed E-state index contributed by atoms with van der Waals surface area (Å²) in [7, 11) is 0. The predicted octanol–water partition coefficient (Wildman–Crippen LogP) is 3.05. The minimum absolute atomic E-state index is 0. The van der Waals surface area contributed by atoms with Gasteiger partial charge in [0, 0.05) is 32.2 Å². The number of fused-ring (bicyclic) bond motifs is 1. The molecule has 0 unspecified atom stereocenters. The van der Waals surface area contributed by atoms with Crippen molar-refractivity contribution in [3.63, 3.8) is 0 Å². The third-order valence-corrected chi connectivity index (χ3v) is 5.05. The standard InChI is InChI=1S/C17H24N2O2.2ClH/c1-2-13(3-1)17(19-8-6-18-7-9-19)14-4-5-15-16(12-14)21-11-10-20-15;;/h4-5,12-13,17-18H,1-3,6-11H2;2*1H/t17-;;/m1../s1. The fourth-order valence-electron chi connectivity index (χ4n) is 3.74. The summed E-state index contributed by atoms with van der Waals surface area (Å²) in [5, 5.41) is 3.46. The van der Waals surface area contributed by atoms with Crippen LogP contribution in [0.1, 0.15) is 30.9 Å². The Morgan fingerprint density at radius 1 is 1.00 bits per heavy atom. The normalized spacial score (nSPS) is 22.3. The van der Waals surface area contributed by atoms with E-state index >= 15 is 0 Å². The highest BCUT2D eigenvalue weighted by Gasteiger charge is 2.34. The molecule has 4 nitrogen and oxygen atoms in total. The van der Waals surface area contributed by atoms with Crippen LogP contribution in [0.5, 0.6) is 11.5 Å². The summed E-state index contributed by atoms with van der Waals surface area (Å²) in [4.78, 5) is 2.66. The highest BCUT2D eigenvalue weighted by molar-refractivity contribution is 5.85. The highest BCUT2D eigenvalue weighted by atomic mass is 35.5. The molecule has 6 heteroatoms. The van der Waals surface area contributed by atoms with E-state index in [2.05, 4.69) is 28.4 Å². The maximum Gasteiger partial charge on any atom is 0.161 e. The fourth-order valence-corrected chi connectivity index (χ4v) is 3.74. The molecule has 0 spiro atoms. The molecule has 2 fully saturated rings. The van der Waals surface area contributed by atoms with Gasteiger partial charge in [0.15, 0.2) is 11.5 Å². The van der Waals surface area contributed by atoms with Gasteiger partial charge in [0.05, 0.1) is 0 Å². The molecule has 1 saturated heterocycles. The van der Waals surface area contributed by atoms with Crippen molar-refractivity contribution in [1.29, 1.82) is 0 Å². The van der Waals surface area contributed by atoms with Crippen molar-refractivity contribution in [2.75, 3.05) is 39.4 Å². The van der Waals surface area contributed by atoms with Crippen molar-refractivity contribution in [2.45, 2.75) is 25.3 Å². The Kier molecular flexibility index (Phi) is 6.84. The Bertz CT molecular complexity index is 505. The third kappa shape index (κ3) is 3.87. The first-order chi connectivity index (χ1) is 10.4. The van der Waals surface area contributed by atoms with Gasteiger partial charge in [-0.25, -0.2) is 0 Å². The van der Waals surface area contributed by atoms with E-state index < -0.39 is 0 Å². The Morgan fingerprint density at radius 3 is 2.35 bits per heavy atom. The summed E-state index contributed by atoms with van der Waals surface area (Å²) >= 11 is 0. The van der Waals surface area contributed by atoms with Crippen LogP contribution in [0.4, 0.5) is 0 Å². The Balaban J connectivity index is 0.000000960. The van der Waals surface area contributed by atoms with Gasteiger partial charge >= 0.3 is 0 Å². The van der Waals surface area contributed by atoms with E-state index in [1.54, 1.807) is 0 Å². The topological polar surface area (TPSA) is 33.7 Å². The van der Waals surface area contributed by atoms with E-state index in [4.69, 9.17) is 9.47 Å². The summed E-state index contributed by atoms with van der Waals surface area (Å²) in [6.45, 7) is 5.83. The van der Waals surface area contributed by atoms with Gasteiger partial charge in [-0.3, -0.25) is 4.90 Å². The van der Waals surface area contributed by atoms with E-state index in [1.165, 1.54) is 24.8 Å². The summed E-state index contributed by atoms with van der Waals surface area (Å²) in [5.41, 5.74) is 1.41. The lowest BCUT2D eigenvalue weighted by atomic mass is 9.76. The van der Waals surface area contributed by atoms with Crippen LogP contribution in [0, 0.1) is 5.92 Å². The van der Waals surface area contributed by atoms with Crippen molar-refractivity contribution >= 4 is 24.8 Å². The minimum atomic E-state index is 0. The summed E-state index contributed by atoms with van der Waals surface area (Å²) < 4.78 is 11.4. The molecule has 1 aromatic rings. The first-order valence-corrected chi connectivity index (χ1v) is 8.26. The number of ether oxygens (including phenoxy) is 2. The van der Waals surface area contributed by atoms with Gasteiger partial charge in [-0.05, 0) is 36.5 Å². The van der Waals surface area contributed by atoms with Crippen molar-refractivity contribution < 1.29 is 9.47 Å². The van der Waals surface area contributed by atoms with Crippen LogP contribution in [-0.4, -0.2) is 44.3 Å². The van der Waals surface area contributed by atoms with Crippen molar-refractivity contribution in [3.8, 4) is 11.5 Å². The number of nitrogens with zero attached hydrogens (tertiary/aromatic N) is 1. The maximum atomic E-state index is 5.78. The number of halogens is 2. The fraction of sp³-hybridized carbons (Fsp3) is 0.647. The number of rotatable bonds is 3. The number of benzene rings is 1. The van der Waals surface area contributed by atoms with Crippen LogP contribution in [0.25, 0.3) is 0 Å². The Labute approximate surface area is 150 Å². The molecule has 1 N–H and O–H groups in total. The quantitative estimate of drug-likeness (QED) is 0.897. The lowest BCUT2D eigenvalue weighted by Crippen LogP contribution is -2.47. The van der Waals surface area contributed by atoms with Crippen LogP contribution in [-0.2, 0) is 0 Å². The SMILES string of the molecule is Cl.Cl.c1cc2c(cc1[C@@H](C1CCC1)N1CCNCC1)OCCO2. The van der Waals surface area contributed by atoms with Crippen molar-refractivity contribution in [2.24, 2.45) is 5.92 Å². The maximum absolute atomic E-state index is 5.78. The molecule has 3 aliphatic rings. The molecule has 2 heterocycles. The summed E-state index contributed by atoms with van der Waals surface area (Å²) in [6.07, 6.45) is 4.11. The van der Waals surface area contributed by atoms with Crippen LogP contribution >= 0.6 is 24.8 Å². The third-order valence-electron chi connectivity index (χ3n) is 5.05. The molecule has 2 aliphatic heterocycles. The molecule has 130 valence electrons. The van der Waals surface area contributed by atoms with Crippen LogP contribution in [0.15, 0.2) is 18.2 Å². The van der Waals surface area contributed by atoms with Crippen LogP contribution in [0.3, 0.4) is 0 Å².